The van der Waals surface area contributed by atoms with Crippen LogP contribution in [-0.2, 0) is 14.3 Å². The fourth-order valence-electron chi connectivity index (χ4n) is 2.32. The van der Waals surface area contributed by atoms with E-state index in [1.165, 1.54) is 0 Å². The molecule has 0 aliphatic carbocycles. The van der Waals surface area contributed by atoms with Crippen molar-refractivity contribution in [2.75, 3.05) is 26.3 Å². The average molecular weight is 320 g/mol. The molecule has 2 amide bonds. The van der Waals surface area contributed by atoms with Crippen molar-refractivity contribution in [3.8, 4) is 0 Å². The van der Waals surface area contributed by atoms with Crippen LogP contribution in [0.1, 0.15) is 32.4 Å². The molecule has 0 radical (unpaired) electrons. The molecule has 1 fully saturated rings. The molecule has 1 aliphatic rings. The fourth-order valence-corrected chi connectivity index (χ4v) is 2.32. The maximum absolute atomic E-state index is 12.8. The van der Waals surface area contributed by atoms with E-state index in [1.807, 2.05) is 30.3 Å². The predicted octanol–water partition coefficient (Wildman–Crippen LogP) is 2.11. The summed E-state index contributed by atoms with van der Waals surface area (Å²) in [4.78, 5) is 26.6. The number of alkyl carbamates (subject to hydrolysis) is 1. The van der Waals surface area contributed by atoms with Crippen molar-refractivity contribution >= 4 is 12.0 Å². The Morgan fingerprint density at radius 3 is 2.35 bits per heavy atom. The fraction of sp³-hybridized carbons (Fsp3) is 0.529. The zero-order valence-electron chi connectivity index (χ0n) is 13.9. The molecule has 0 unspecified atom stereocenters. The number of hydrogen-bond donors (Lipinski definition) is 1. The number of rotatable bonds is 3. The van der Waals surface area contributed by atoms with E-state index >= 15 is 0 Å². The molecule has 0 spiro atoms. The Labute approximate surface area is 136 Å². The largest absolute Gasteiger partial charge is 0.444 e. The Hall–Kier alpha value is -2.08. The van der Waals surface area contributed by atoms with E-state index in [4.69, 9.17) is 9.47 Å². The van der Waals surface area contributed by atoms with Crippen LogP contribution in [0.25, 0.3) is 0 Å². The summed E-state index contributed by atoms with van der Waals surface area (Å²) in [6, 6.07) is 8.43. The number of benzene rings is 1. The molecule has 126 valence electrons. The highest BCUT2D eigenvalue weighted by molar-refractivity contribution is 5.87. The molecule has 1 saturated heterocycles. The Balaban J connectivity index is 2.15. The number of morpholine rings is 1. The van der Waals surface area contributed by atoms with Gasteiger partial charge < -0.3 is 19.7 Å². The highest BCUT2D eigenvalue weighted by Gasteiger charge is 2.30. The van der Waals surface area contributed by atoms with Gasteiger partial charge in [-0.25, -0.2) is 4.79 Å². The lowest BCUT2D eigenvalue weighted by Crippen LogP contribution is -2.48. The maximum atomic E-state index is 12.8. The van der Waals surface area contributed by atoms with Crippen molar-refractivity contribution in [3.05, 3.63) is 35.9 Å². The molecular weight excluding hydrogens is 296 g/mol. The van der Waals surface area contributed by atoms with Crippen LogP contribution in [0.4, 0.5) is 4.79 Å². The molecule has 23 heavy (non-hydrogen) atoms. The van der Waals surface area contributed by atoms with Crippen molar-refractivity contribution in [2.45, 2.75) is 32.4 Å². The van der Waals surface area contributed by atoms with E-state index < -0.39 is 17.7 Å². The normalized spacial score (nSPS) is 16.6. The van der Waals surface area contributed by atoms with Gasteiger partial charge >= 0.3 is 6.09 Å². The molecule has 1 heterocycles. The van der Waals surface area contributed by atoms with Crippen LogP contribution in [0.2, 0.25) is 0 Å². The SMILES string of the molecule is CC(C)(C)OC(=O)N[C@@H](C(=O)N1CCOCC1)c1ccccc1. The highest BCUT2D eigenvalue weighted by atomic mass is 16.6. The van der Waals surface area contributed by atoms with Gasteiger partial charge in [-0.1, -0.05) is 30.3 Å². The van der Waals surface area contributed by atoms with Crippen molar-refractivity contribution in [2.24, 2.45) is 0 Å². The third kappa shape index (κ3) is 5.25. The molecule has 1 aromatic rings. The summed E-state index contributed by atoms with van der Waals surface area (Å²) < 4.78 is 10.6. The zero-order chi connectivity index (χ0) is 16.9. The smallest absolute Gasteiger partial charge is 0.408 e. The minimum atomic E-state index is -0.760. The molecule has 1 atom stereocenters. The monoisotopic (exact) mass is 320 g/mol. The summed E-state index contributed by atoms with van der Waals surface area (Å²) in [5.41, 5.74) is 0.114. The maximum Gasteiger partial charge on any atom is 0.408 e. The van der Waals surface area contributed by atoms with E-state index in [1.54, 1.807) is 25.7 Å². The summed E-state index contributed by atoms with van der Waals surface area (Å²) >= 11 is 0. The lowest BCUT2D eigenvalue weighted by Gasteiger charge is -2.31. The van der Waals surface area contributed by atoms with Crippen LogP contribution in [0.15, 0.2) is 30.3 Å². The zero-order valence-corrected chi connectivity index (χ0v) is 13.9. The Morgan fingerprint density at radius 2 is 1.78 bits per heavy atom. The quantitative estimate of drug-likeness (QED) is 0.926. The highest BCUT2D eigenvalue weighted by Crippen LogP contribution is 2.18. The van der Waals surface area contributed by atoms with Gasteiger partial charge in [0.2, 0.25) is 5.91 Å². The average Bonchev–Trinajstić information content (AvgIpc) is 2.52. The lowest BCUT2D eigenvalue weighted by atomic mass is 10.1. The van der Waals surface area contributed by atoms with E-state index in [-0.39, 0.29) is 5.91 Å². The minimum Gasteiger partial charge on any atom is -0.444 e. The van der Waals surface area contributed by atoms with Gasteiger partial charge in [-0.15, -0.1) is 0 Å². The third-order valence-corrected chi connectivity index (χ3v) is 3.36. The van der Waals surface area contributed by atoms with Crippen LogP contribution >= 0.6 is 0 Å². The second kappa shape index (κ2) is 7.46. The van der Waals surface area contributed by atoms with Gasteiger partial charge in [-0.3, -0.25) is 4.79 Å². The molecule has 6 heteroatoms. The second-order valence-corrected chi connectivity index (χ2v) is 6.43. The lowest BCUT2D eigenvalue weighted by molar-refractivity contribution is -0.137. The Kier molecular flexibility index (Phi) is 5.60. The summed E-state index contributed by atoms with van der Waals surface area (Å²) in [5, 5.41) is 2.69. The molecular formula is C17H24N2O4. The van der Waals surface area contributed by atoms with Gasteiger partial charge in [-0.05, 0) is 26.3 Å². The number of ether oxygens (including phenoxy) is 2. The number of carbonyl (C=O) groups is 2. The summed E-state index contributed by atoms with van der Waals surface area (Å²) in [5.74, 6) is -0.148. The number of amides is 2. The van der Waals surface area contributed by atoms with E-state index in [0.29, 0.717) is 26.3 Å². The number of carbonyl (C=O) groups excluding carboxylic acids is 2. The number of nitrogens with zero attached hydrogens (tertiary/aromatic N) is 1. The minimum absolute atomic E-state index is 0.148. The molecule has 2 rings (SSSR count). The first kappa shape index (κ1) is 17.3. The third-order valence-electron chi connectivity index (χ3n) is 3.36. The van der Waals surface area contributed by atoms with Crippen LogP contribution < -0.4 is 5.32 Å². The predicted molar refractivity (Wildman–Crippen MR) is 86.0 cm³/mol. The summed E-state index contributed by atoms with van der Waals surface area (Å²) in [7, 11) is 0. The molecule has 1 N–H and O–H groups in total. The Bertz CT molecular complexity index is 533. The summed E-state index contributed by atoms with van der Waals surface area (Å²) in [6.07, 6.45) is -0.604. The first-order valence-electron chi connectivity index (χ1n) is 7.78. The van der Waals surface area contributed by atoms with Crippen molar-refractivity contribution < 1.29 is 19.1 Å². The number of hydrogen-bond acceptors (Lipinski definition) is 4. The van der Waals surface area contributed by atoms with Gasteiger partial charge in [0.05, 0.1) is 13.2 Å². The molecule has 0 saturated carbocycles. The standard InChI is InChI=1S/C17H24N2O4/c1-17(2,3)23-16(21)18-14(13-7-5-4-6-8-13)15(20)19-9-11-22-12-10-19/h4-8,14H,9-12H2,1-3H3,(H,18,21)/t14-/m1/s1. The molecule has 1 aromatic carbocycles. The van der Waals surface area contributed by atoms with E-state index in [2.05, 4.69) is 5.32 Å². The van der Waals surface area contributed by atoms with Gasteiger partial charge in [0.25, 0.3) is 0 Å². The van der Waals surface area contributed by atoms with Gasteiger partial charge in [0.1, 0.15) is 11.6 Å². The van der Waals surface area contributed by atoms with Crippen LogP contribution in [0, 0.1) is 0 Å². The van der Waals surface area contributed by atoms with Crippen LogP contribution in [0.5, 0.6) is 0 Å². The van der Waals surface area contributed by atoms with E-state index in [9.17, 15) is 9.59 Å². The molecule has 0 bridgehead atoms. The first-order chi connectivity index (χ1) is 10.9. The van der Waals surface area contributed by atoms with E-state index in [0.717, 1.165) is 5.56 Å². The van der Waals surface area contributed by atoms with Crippen LogP contribution in [0.3, 0.4) is 0 Å². The van der Waals surface area contributed by atoms with Gasteiger partial charge in [0.15, 0.2) is 0 Å². The molecule has 6 nitrogen and oxygen atoms in total. The molecule has 1 aliphatic heterocycles. The van der Waals surface area contributed by atoms with Crippen molar-refractivity contribution in [1.82, 2.24) is 10.2 Å². The van der Waals surface area contributed by atoms with Crippen LogP contribution in [-0.4, -0.2) is 48.8 Å². The van der Waals surface area contributed by atoms with Crippen molar-refractivity contribution in [3.63, 3.8) is 0 Å². The molecule has 0 aromatic heterocycles. The second-order valence-electron chi connectivity index (χ2n) is 6.43. The topological polar surface area (TPSA) is 67.9 Å². The number of nitrogens with one attached hydrogen (secondary N) is 1. The summed E-state index contributed by atoms with van der Waals surface area (Å²) in [6.45, 7) is 7.44. The Morgan fingerprint density at radius 1 is 1.17 bits per heavy atom. The van der Waals surface area contributed by atoms with Crippen molar-refractivity contribution in [1.29, 1.82) is 0 Å². The van der Waals surface area contributed by atoms with Gasteiger partial charge in [-0.2, -0.15) is 0 Å². The van der Waals surface area contributed by atoms with Gasteiger partial charge in [0, 0.05) is 13.1 Å². The first-order valence-corrected chi connectivity index (χ1v) is 7.78.